The zero-order valence-electron chi connectivity index (χ0n) is 11.1. The van der Waals surface area contributed by atoms with Gasteiger partial charge in [0.05, 0.1) is 17.7 Å². The largest absolute Gasteiger partial charge is 0.395 e. The second-order valence-corrected chi connectivity index (χ2v) is 6.03. The van der Waals surface area contributed by atoms with Crippen molar-refractivity contribution in [2.75, 3.05) is 6.61 Å². The van der Waals surface area contributed by atoms with Crippen molar-refractivity contribution in [2.45, 2.75) is 18.3 Å². The van der Waals surface area contributed by atoms with Crippen LogP contribution in [0.2, 0.25) is 10.2 Å². The highest BCUT2D eigenvalue weighted by molar-refractivity contribution is 6.30. The number of fused-ring (bicyclic) bond motifs is 1. The van der Waals surface area contributed by atoms with E-state index in [9.17, 15) is 9.90 Å². The number of halogens is 2. The van der Waals surface area contributed by atoms with Crippen molar-refractivity contribution in [1.29, 1.82) is 0 Å². The van der Waals surface area contributed by atoms with Gasteiger partial charge in [0.2, 0.25) is 0 Å². The summed E-state index contributed by atoms with van der Waals surface area (Å²) in [5.41, 5.74) is 1.09. The van der Waals surface area contributed by atoms with E-state index in [0.717, 1.165) is 5.56 Å². The van der Waals surface area contributed by atoms with Gasteiger partial charge in [0, 0.05) is 10.6 Å². The number of carbonyl (C=O) groups excluding carboxylic acids is 1. The van der Waals surface area contributed by atoms with Crippen LogP contribution in [0.15, 0.2) is 36.4 Å². The predicted octanol–water partition coefficient (Wildman–Crippen LogP) is 3.45. The molecule has 1 aromatic heterocycles. The van der Waals surface area contributed by atoms with E-state index in [1.165, 1.54) is 0 Å². The van der Waals surface area contributed by atoms with Gasteiger partial charge in [-0.3, -0.25) is 4.79 Å². The minimum absolute atomic E-state index is 0.113. The summed E-state index contributed by atoms with van der Waals surface area (Å²) >= 11 is 11.8. The Hall–Kier alpha value is -1.42. The number of hydrogen-bond donors (Lipinski definition) is 1. The van der Waals surface area contributed by atoms with E-state index in [-0.39, 0.29) is 12.4 Å². The van der Waals surface area contributed by atoms with Gasteiger partial charge in [-0.15, -0.1) is 0 Å². The number of hydrogen-bond acceptors (Lipinski definition) is 3. The van der Waals surface area contributed by atoms with Crippen molar-refractivity contribution in [3.63, 3.8) is 0 Å². The van der Waals surface area contributed by atoms with Crippen LogP contribution in [0.25, 0.3) is 0 Å². The zero-order chi connectivity index (χ0) is 15.0. The van der Waals surface area contributed by atoms with Gasteiger partial charge in [0.1, 0.15) is 5.15 Å². The summed E-state index contributed by atoms with van der Waals surface area (Å²) in [4.78, 5) is 17.1. The van der Waals surface area contributed by atoms with Crippen molar-refractivity contribution >= 4 is 29.0 Å². The third kappa shape index (κ3) is 2.35. The van der Waals surface area contributed by atoms with Crippen LogP contribution in [0.3, 0.4) is 0 Å². The minimum atomic E-state index is -0.924. The molecule has 1 N–H and O–H groups in total. The summed E-state index contributed by atoms with van der Waals surface area (Å²) in [6, 6.07) is 10.4. The molecular formula is C16H13Cl2NO2. The maximum absolute atomic E-state index is 12.9. The lowest BCUT2D eigenvalue weighted by Gasteiger charge is -2.35. The minimum Gasteiger partial charge on any atom is -0.395 e. The SMILES string of the molecule is O=C1c2ccc(Cl)nc2CCC1(CO)c1ccc(Cl)cc1. The van der Waals surface area contributed by atoms with E-state index < -0.39 is 5.41 Å². The Labute approximate surface area is 132 Å². The maximum atomic E-state index is 12.9. The molecule has 0 saturated heterocycles. The molecular weight excluding hydrogens is 309 g/mol. The fourth-order valence-electron chi connectivity index (χ4n) is 2.86. The van der Waals surface area contributed by atoms with Gasteiger partial charge in [0.15, 0.2) is 5.78 Å². The van der Waals surface area contributed by atoms with E-state index in [2.05, 4.69) is 4.98 Å². The van der Waals surface area contributed by atoms with Crippen molar-refractivity contribution in [3.05, 3.63) is 63.4 Å². The van der Waals surface area contributed by atoms with Crippen LogP contribution in [0, 0.1) is 0 Å². The van der Waals surface area contributed by atoms with Crippen molar-refractivity contribution < 1.29 is 9.90 Å². The first-order valence-electron chi connectivity index (χ1n) is 6.64. The lowest BCUT2D eigenvalue weighted by Crippen LogP contribution is -2.43. The molecule has 1 unspecified atom stereocenters. The molecule has 108 valence electrons. The molecule has 5 heteroatoms. The molecule has 0 bridgehead atoms. The first-order chi connectivity index (χ1) is 10.1. The Morgan fingerprint density at radius 1 is 1.14 bits per heavy atom. The Kier molecular flexibility index (Phi) is 3.74. The smallest absolute Gasteiger partial charge is 0.177 e. The Balaban J connectivity index is 2.10. The van der Waals surface area contributed by atoms with Crippen LogP contribution in [-0.2, 0) is 11.8 Å². The molecule has 21 heavy (non-hydrogen) atoms. The second-order valence-electron chi connectivity index (χ2n) is 5.20. The first kappa shape index (κ1) is 14.5. The van der Waals surface area contributed by atoms with Gasteiger partial charge in [-0.2, -0.15) is 0 Å². The number of rotatable bonds is 2. The number of carbonyl (C=O) groups is 1. The third-order valence-corrected chi connectivity index (χ3v) is 4.54. The number of benzene rings is 1. The number of Topliss-reactive ketones (excluding diaryl/α,β-unsaturated/α-hetero) is 1. The van der Waals surface area contributed by atoms with Crippen molar-refractivity contribution in [1.82, 2.24) is 4.98 Å². The molecule has 0 radical (unpaired) electrons. The number of ketones is 1. The van der Waals surface area contributed by atoms with Gasteiger partial charge in [-0.25, -0.2) is 4.98 Å². The Morgan fingerprint density at radius 3 is 2.52 bits per heavy atom. The number of aliphatic hydroxyl groups is 1. The number of nitrogens with zero attached hydrogens (tertiary/aromatic N) is 1. The number of aryl methyl sites for hydroxylation is 1. The highest BCUT2D eigenvalue weighted by Gasteiger charge is 2.44. The number of aliphatic hydroxyl groups excluding tert-OH is 1. The van der Waals surface area contributed by atoms with Gasteiger partial charge in [0.25, 0.3) is 0 Å². The van der Waals surface area contributed by atoms with Gasteiger partial charge < -0.3 is 5.11 Å². The quantitative estimate of drug-likeness (QED) is 0.862. The summed E-state index contributed by atoms with van der Waals surface area (Å²) in [5, 5.41) is 10.9. The average Bonchev–Trinajstić information content (AvgIpc) is 2.49. The Morgan fingerprint density at radius 2 is 1.86 bits per heavy atom. The van der Waals surface area contributed by atoms with Crippen molar-refractivity contribution in [3.8, 4) is 0 Å². The summed E-state index contributed by atoms with van der Waals surface area (Å²) in [7, 11) is 0. The van der Waals surface area contributed by atoms with Crippen LogP contribution in [0.5, 0.6) is 0 Å². The van der Waals surface area contributed by atoms with E-state index >= 15 is 0 Å². The van der Waals surface area contributed by atoms with E-state index in [0.29, 0.717) is 34.3 Å². The molecule has 0 aliphatic heterocycles. The normalized spacial score (nSPS) is 21.2. The van der Waals surface area contributed by atoms with Crippen LogP contribution in [0.4, 0.5) is 0 Å². The average molecular weight is 322 g/mol. The molecule has 0 saturated carbocycles. The first-order valence-corrected chi connectivity index (χ1v) is 7.39. The van der Waals surface area contributed by atoms with E-state index in [1.54, 1.807) is 36.4 Å². The molecule has 3 nitrogen and oxygen atoms in total. The van der Waals surface area contributed by atoms with Gasteiger partial charge in [-0.05, 0) is 42.7 Å². The number of pyridine rings is 1. The highest BCUT2D eigenvalue weighted by atomic mass is 35.5. The molecule has 0 fully saturated rings. The Bertz CT molecular complexity index is 700. The molecule has 1 atom stereocenters. The second kappa shape index (κ2) is 5.41. The number of aromatic nitrogens is 1. The fourth-order valence-corrected chi connectivity index (χ4v) is 3.15. The summed E-state index contributed by atoms with van der Waals surface area (Å²) in [6.45, 7) is -0.241. The summed E-state index contributed by atoms with van der Waals surface area (Å²) in [6.07, 6.45) is 1.11. The van der Waals surface area contributed by atoms with E-state index in [4.69, 9.17) is 23.2 Å². The molecule has 0 spiro atoms. The molecule has 1 heterocycles. The molecule has 0 amide bonds. The van der Waals surface area contributed by atoms with Crippen LogP contribution in [0.1, 0.15) is 28.0 Å². The van der Waals surface area contributed by atoms with Crippen LogP contribution >= 0.6 is 23.2 Å². The topological polar surface area (TPSA) is 50.2 Å². The van der Waals surface area contributed by atoms with Gasteiger partial charge in [-0.1, -0.05) is 35.3 Å². The molecule has 1 aliphatic carbocycles. The monoisotopic (exact) mass is 321 g/mol. The third-order valence-electron chi connectivity index (χ3n) is 4.07. The molecule has 1 aliphatic rings. The lowest BCUT2D eigenvalue weighted by molar-refractivity contribution is 0.0766. The van der Waals surface area contributed by atoms with Crippen LogP contribution in [-0.4, -0.2) is 22.5 Å². The molecule has 3 rings (SSSR count). The summed E-state index contributed by atoms with van der Waals surface area (Å²) in [5.74, 6) is -0.113. The summed E-state index contributed by atoms with van der Waals surface area (Å²) < 4.78 is 0. The van der Waals surface area contributed by atoms with Crippen LogP contribution < -0.4 is 0 Å². The molecule has 2 aromatic rings. The highest BCUT2D eigenvalue weighted by Crippen LogP contribution is 2.38. The van der Waals surface area contributed by atoms with Gasteiger partial charge >= 0.3 is 0 Å². The predicted molar refractivity (Wildman–Crippen MR) is 82.1 cm³/mol. The molecule has 1 aromatic carbocycles. The lowest BCUT2D eigenvalue weighted by atomic mass is 9.68. The van der Waals surface area contributed by atoms with Crippen molar-refractivity contribution in [2.24, 2.45) is 0 Å². The standard InChI is InChI=1S/C16H13Cl2NO2/c17-11-3-1-10(2-4-11)16(9-20)8-7-13-12(15(16)21)5-6-14(18)19-13/h1-6,20H,7-9H2. The van der Waals surface area contributed by atoms with E-state index in [1.807, 2.05) is 0 Å². The zero-order valence-corrected chi connectivity index (χ0v) is 12.7. The maximum Gasteiger partial charge on any atom is 0.177 e. The fraction of sp³-hybridized carbons (Fsp3) is 0.250.